The third-order valence-electron chi connectivity index (χ3n) is 3.58. The largest absolute Gasteiger partial charge is 0.459 e. The molecule has 4 heteroatoms. The molecule has 2 unspecified atom stereocenters. The van der Waals surface area contributed by atoms with Gasteiger partial charge in [0.15, 0.2) is 0 Å². The van der Waals surface area contributed by atoms with Crippen LogP contribution in [0.15, 0.2) is 0 Å². The quantitative estimate of drug-likeness (QED) is 0.720. The Hall–Kier alpha value is -0.610. The maximum absolute atomic E-state index is 12.1. The van der Waals surface area contributed by atoms with Crippen LogP contribution in [0.5, 0.6) is 0 Å². The minimum Gasteiger partial charge on any atom is -0.459 e. The third-order valence-corrected chi connectivity index (χ3v) is 3.58. The van der Waals surface area contributed by atoms with Gasteiger partial charge in [-0.1, -0.05) is 6.92 Å². The predicted molar refractivity (Wildman–Crippen MR) is 73.6 cm³/mol. The first kappa shape index (κ1) is 15.4. The predicted octanol–water partition coefficient (Wildman–Crippen LogP) is 1.74. The van der Waals surface area contributed by atoms with E-state index < -0.39 is 5.60 Å². The fraction of sp³-hybridized carbons (Fsp3) is 0.929. The Bertz CT molecular complexity index is 286. The first-order valence-electron chi connectivity index (χ1n) is 6.91. The zero-order chi connectivity index (χ0) is 13.9. The monoisotopic (exact) mass is 256 g/mol. The summed E-state index contributed by atoms with van der Waals surface area (Å²) < 4.78 is 5.45. The minimum absolute atomic E-state index is 0.109. The molecular formula is C14H28N2O2. The lowest BCUT2D eigenvalue weighted by atomic mass is 10.1. The van der Waals surface area contributed by atoms with E-state index in [1.807, 2.05) is 27.7 Å². The molecule has 1 heterocycles. The van der Waals surface area contributed by atoms with E-state index in [1.54, 1.807) is 0 Å². The van der Waals surface area contributed by atoms with E-state index in [1.165, 1.54) is 0 Å². The Morgan fingerprint density at radius 1 is 1.39 bits per heavy atom. The van der Waals surface area contributed by atoms with E-state index in [0.717, 1.165) is 26.1 Å². The maximum atomic E-state index is 12.1. The van der Waals surface area contributed by atoms with Crippen LogP contribution < -0.4 is 0 Å². The molecule has 0 aromatic heterocycles. The highest BCUT2D eigenvalue weighted by Crippen LogP contribution is 2.16. The number of rotatable bonds is 3. The van der Waals surface area contributed by atoms with Gasteiger partial charge in [-0.15, -0.1) is 0 Å². The second-order valence-electron chi connectivity index (χ2n) is 6.25. The lowest BCUT2D eigenvalue weighted by Crippen LogP contribution is -2.56. The Morgan fingerprint density at radius 3 is 2.50 bits per heavy atom. The van der Waals surface area contributed by atoms with Crippen LogP contribution in [0.2, 0.25) is 0 Å². The number of ether oxygens (including phenoxy) is 1. The van der Waals surface area contributed by atoms with E-state index in [0.29, 0.717) is 6.04 Å². The molecule has 18 heavy (non-hydrogen) atoms. The number of esters is 1. The SMILES string of the molecule is CCC1CN(C(C)C(=O)OC(C)(C)C)CCN1C. The van der Waals surface area contributed by atoms with Crippen LogP contribution >= 0.6 is 0 Å². The second-order valence-corrected chi connectivity index (χ2v) is 6.25. The molecule has 4 nitrogen and oxygen atoms in total. The van der Waals surface area contributed by atoms with Crippen molar-refractivity contribution in [2.24, 2.45) is 0 Å². The normalized spacial score (nSPS) is 24.9. The molecule has 106 valence electrons. The summed E-state index contributed by atoms with van der Waals surface area (Å²) in [6.45, 7) is 12.8. The highest BCUT2D eigenvalue weighted by atomic mass is 16.6. The van der Waals surface area contributed by atoms with Gasteiger partial charge in [-0.2, -0.15) is 0 Å². The Kier molecular flexibility index (Phi) is 5.17. The average molecular weight is 256 g/mol. The Balaban J connectivity index is 2.56. The average Bonchev–Trinajstić information content (AvgIpc) is 2.26. The van der Waals surface area contributed by atoms with E-state index >= 15 is 0 Å². The summed E-state index contributed by atoms with van der Waals surface area (Å²) in [7, 11) is 2.16. The van der Waals surface area contributed by atoms with Gasteiger partial charge in [0.1, 0.15) is 11.6 Å². The summed E-state index contributed by atoms with van der Waals surface area (Å²) in [6, 6.07) is 0.399. The number of piperazine rings is 1. The number of nitrogens with zero attached hydrogens (tertiary/aromatic N) is 2. The Morgan fingerprint density at radius 2 is 2.00 bits per heavy atom. The molecule has 0 N–H and O–H groups in total. The van der Waals surface area contributed by atoms with E-state index in [9.17, 15) is 4.79 Å². The van der Waals surface area contributed by atoms with Crippen molar-refractivity contribution in [1.29, 1.82) is 0 Å². The summed E-state index contributed by atoms with van der Waals surface area (Å²) in [5.41, 5.74) is -0.401. The first-order chi connectivity index (χ1) is 8.24. The van der Waals surface area contributed by atoms with Gasteiger partial charge in [-0.3, -0.25) is 9.69 Å². The van der Waals surface area contributed by atoms with Crippen LogP contribution in [-0.2, 0) is 9.53 Å². The molecule has 1 saturated heterocycles. The van der Waals surface area contributed by atoms with Gasteiger partial charge in [0.05, 0.1) is 0 Å². The molecule has 2 atom stereocenters. The molecule has 0 amide bonds. The van der Waals surface area contributed by atoms with Gasteiger partial charge < -0.3 is 9.64 Å². The summed E-state index contributed by atoms with van der Waals surface area (Å²) in [5.74, 6) is -0.109. The number of hydrogen-bond acceptors (Lipinski definition) is 4. The van der Waals surface area contributed by atoms with Crippen molar-refractivity contribution in [1.82, 2.24) is 9.80 Å². The molecule has 0 aromatic carbocycles. The zero-order valence-electron chi connectivity index (χ0n) is 12.7. The standard InChI is InChI=1S/C14H28N2O2/c1-7-12-10-16(9-8-15(12)6)11(2)13(17)18-14(3,4)5/h11-12H,7-10H2,1-6H3. The molecular weight excluding hydrogens is 228 g/mol. The van der Waals surface area contributed by atoms with E-state index in [4.69, 9.17) is 4.74 Å². The van der Waals surface area contributed by atoms with Gasteiger partial charge in [0, 0.05) is 25.7 Å². The number of likely N-dealkylation sites (N-methyl/N-ethyl adjacent to an activating group) is 1. The van der Waals surface area contributed by atoms with Crippen LogP contribution in [-0.4, -0.2) is 60.1 Å². The minimum atomic E-state index is -0.401. The molecule has 1 aliphatic heterocycles. The molecule has 0 radical (unpaired) electrons. The molecule has 0 spiro atoms. The van der Waals surface area contributed by atoms with Gasteiger partial charge in [-0.05, 0) is 41.2 Å². The molecule has 0 bridgehead atoms. The molecule has 0 aliphatic carbocycles. The highest BCUT2D eigenvalue weighted by Gasteiger charge is 2.31. The molecule has 1 fully saturated rings. The van der Waals surface area contributed by atoms with Crippen molar-refractivity contribution in [3.8, 4) is 0 Å². The van der Waals surface area contributed by atoms with Crippen molar-refractivity contribution in [2.45, 2.75) is 58.7 Å². The number of carbonyl (C=O) groups excluding carboxylic acids is 1. The topological polar surface area (TPSA) is 32.8 Å². The number of carbonyl (C=O) groups is 1. The van der Waals surface area contributed by atoms with Crippen LogP contribution in [0.3, 0.4) is 0 Å². The fourth-order valence-corrected chi connectivity index (χ4v) is 2.30. The molecule has 0 saturated carbocycles. The van der Waals surface area contributed by atoms with Crippen molar-refractivity contribution in [3.63, 3.8) is 0 Å². The fourth-order valence-electron chi connectivity index (χ4n) is 2.30. The van der Waals surface area contributed by atoms with Crippen molar-refractivity contribution in [3.05, 3.63) is 0 Å². The summed E-state index contributed by atoms with van der Waals surface area (Å²) in [4.78, 5) is 16.7. The second kappa shape index (κ2) is 6.02. The van der Waals surface area contributed by atoms with Gasteiger partial charge >= 0.3 is 5.97 Å². The van der Waals surface area contributed by atoms with E-state index in [-0.39, 0.29) is 12.0 Å². The Labute approximate surface area is 111 Å². The zero-order valence-corrected chi connectivity index (χ0v) is 12.7. The molecule has 1 rings (SSSR count). The smallest absolute Gasteiger partial charge is 0.323 e. The summed E-state index contributed by atoms with van der Waals surface area (Å²) >= 11 is 0. The summed E-state index contributed by atoms with van der Waals surface area (Å²) in [5, 5.41) is 0. The van der Waals surface area contributed by atoms with Crippen LogP contribution in [0.25, 0.3) is 0 Å². The third kappa shape index (κ3) is 4.25. The number of hydrogen-bond donors (Lipinski definition) is 0. The molecule has 0 aromatic rings. The highest BCUT2D eigenvalue weighted by molar-refractivity contribution is 5.75. The van der Waals surface area contributed by atoms with Crippen LogP contribution in [0, 0.1) is 0 Å². The van der Waals surface area contributed by atoms with Gasteiger partial charge in [0.2, 0.25) is 0 Å². The summed E-state index contributed by atoms with van der Waals surface area (Å²) in [6.07, 6.45) is 1.12. The lowest BCUT2D eigenvalue weighted by Gasteiger charge is -2.41. The maximum Gasteiger partial charge on any atom is 0.323 e. The van der Waals surface area contributed by atoms with Crippen molar-refractivity contribution < 1.29 is 9.53 Å². The first-order valence-corrected chi connectivity index (χ1v) is 6.91. The van der Waals surface area contributed by atoms with Crippen LogP contribution in [0.4, 0.5) is 0 Å². The van der Waals surface area contributed by atoms with E-state index in [2.05, 4.69) is 23.8 Å². The van der Waals surface area contributed by atoms with Crippen molar-refractivity contribution >= 4 is 5.97 Å². The molecule has 1 aliphatic rings. The lowest BCUT2D eigenvalue weighted by molar-refractivity contribution is -0.161. The van der Waals surface area contributed by atoms with Crippen molar-refractivity contribution in [2.75, 3.05) is 26.7 Å². The van der Waals surface area contributed by atoms with Crippen LogP contribution in [0.1, 0.15) is 41.0 Å². The van der Waals surface area contributed by atoms with Gasteiger partial charge in [-0.25, -0.2) is 0 Å². The van der Waals surface area contributed by atoms with Gasteiger partial charge in [0.25, 0.3) is 0 Å².